The summed E-state index contributed by atoms with van der Waals surface area (Å²) in [5.74, 6) is 0.617. The normalized spacial score (nSPS) is 10.5. The largest absolute Gasteiger partial charge is 0.372 e. The van der Waals surface area contributed by atoms with Crippen molar-refractivity contribution in [1.29, 1.82) is 0 Å². The highest BCUT2D eigenvalue weighted by molar-refractivity contribution is 5.37. The van der Waals surface area contributed by atoms with Gasteiger partial charge in [-0.25, -0.2) is 9.37 Å². The molecule has 0 unspecified atom stereocenters. The van der Waals surface area contributed by atoms with Crippen LogP contribution in [0.4, 0.5) is 10.2 Å². The summed E-state index contributed by atoms with van der Waals surface area (Å²) >= 11 is 0. The first-order chi connectivity index (χ1) is 9.79. The third kappa shape index (κ3) is 4.31. The molecule has 1 aromatic heterocycles. The summed E-state index contributed by atoms with van der Waals surface area (Å²) < 4.78 is 19.0. The number of benzene rings is 1. The van der Waals surface area contributed by atoms with Gasteiger partial charge in [-0.2, -0.15) is 0 Å². The minimum absolute atomic E-state index is 0.229. The smallest absolute Gasteiger partial charge is 0.128 e. The zero-order valence-corrected chi connectivity index (χ0v) is 11.6. The summed E-state index contributed by atoms with van der Waals surface area (Å²) in [6.07, 6.45) is 2.80. The number of aromatic nitrogens is 1. The first kappa shape index (κ1) is 14.5. The predicted octanol–water partition coefficient (Wildman–Crippen LogP) is 3.76. The van der Waals surface area contributed by atoms with Gasteiger partial charge in [-0.3, -0.25) is 0 Å². The Bertz CT molecular complexity index is 546. The Balaban J connectivity index is 1.86. The number of ether oxygens (including phenoxy) is 1. The molecular weight excluding hydrogens is 255 g/mol. The molecule has 0 saturated carbocycles. The molecule has 106 valence electrons. The Morgan fingerprint density at radius 2 is 2.05 bits per heavy atom. The minimum atomic E-state index is -0.229. The average molecular weight is 274 g/mol. The fourth-order valence-corrected chi connectivity index (χ4v) is 1.81. The molecule has 3 nitrogen and oxygen atoms in total. The molecule has 0 amide bonds. The van der Waals surface area contributed by atoms with Crippen molar-refractivity contribution in [1.82, 2.24) is 4.98 Å². The van der Waals surface area contributed by atoms with Crippen molar-refractivity contribution in [3.05, 3.63) is 59.5 Å². The number of halogens is 1. The molecule has 0 radical (unpaired) electrons. The van der Waals surface area contributed by atoms with Crippen LogP contribution >= 0.6 is 0 Å². The van der Waals surface area contributed by atoms with Crippen LogP contribution in [0.1, 0.15) is 24.5 Å². The van der Waals surface area contributed by atoms with Crippen molar-refractivity contribution in [2.75, 3.05) is 11.9 Å². The maximum Gasteiger partial charge on any atom is 0.128 e. The van der Waals surface area contributed by atoms with Crippen molar-refractivity contribution in [2.45, 2.75) is 26.6 Å². The molecule has 0 fully saturated rings. The lowest BCUT2D eigenvalue weighted by Crippen LogP contribution is -2.03. The maximum absolute atomic E-state index is 13.4. The van der Waals surface area contributed by atoms with E-state index in [2.05, 4.69) is 17.2 Å². The summed E-state index contributed by atoms with van der Waals surface area (Å²) in [7, 11) is 0. The maximum atomic E-state index is 13.4. The van der Waals surface area contributed by atoms with Gasteiger partial charge in [0.15, 0.2) is 0 Å². The van der Waals surface area contributed by atoms with Gasteiger partial charge in [0, 0.05) is 18.3 Å². The molecular formula is C16H19FN2O. The lowest BCUT2D eigenvalue weighted by atomic mass is 10.2. The van der Waals surface area contributed by atoms with Gasteiger partial charge < -0.3 is 10.1 Å². The van der Waals surface area contributed by atoms with E-state index in [9.17, 15) is 4.39 Å². The van der Waals surface area contributed by atoms with Crippen LogP contribution in [0.5, 0.6) is 0 Å². The number of nitrogens with one attached hydrogen (secondary N) is 1. The van der Waals surface area contributed by atoms with E-state index in [1.807, 2.05) is 12.1 Å². The summed E-state index contributed by atoms with van der Waals surface area (Å²) in [6.45, 7) is 3.71. The molecule has 1 heterocycles. The number of hydrogen-bond acceptors (Lipinski definition) is 3. The molecule has 0 aliphatic carbocycles. The molecule has 4 heteroatoms. The van der Waals surface area contributed by atoms with E-state index in [0.29, 0.717) is 12.2 Å². The Hall–Kier alpha value is -1.94. The number of pyridine rings is 1. The quantitative estimate of drug-likeness (QED) is 0.834. The monoisotopic (exact) mass is 274 g/mol. The molecule has 2 aromatic rings. The van der Waals surface area contributed by atoms with Gasteiger partial charge in [-0.15, -0.1) is 0 Å². The van der Waals surface area contributed by atoms with E-state index >= 15 is 0 Å². The van der Waals surface area contributed by atoms with Gasteiger partial charge >= 0.3 is 0 Å². The van der Waals surface area contributed by atoms with Crippen molar-refractivity contribution < 1.29 is 9.13 Å². The molecule has 0 saturated heterocycles. The number of rotatable bonds is 7. The third-order valence-electron chi connectivity index (χ3n) is 2.86. The first-order valence-corrected chi connectivity index (χ1v) is 6.79. The van der Waals surface area contributed by atoms with Crippen LogP contribution in [0.3, 0.4) is 0 Å². The van der Waals surface area contributed by atoms with Crippen LogP contribution in [0.25, 0.3) is 0 Å². The van der Waals surface area contributed by atoms with E-state index in [1.54, 1.807) is 24.4 Å². The lowest BCUT2D eigenvalue weighted by molar-refractivity contribution is 0.105. The number of anilines is 1. The van der Waals surface area contributed by atoms with Gasteiger partial charge in [-0.05, 0) is 30.2 Å². The summed E-state index contributed by atoms with van der Waals surface area (Å²) in [5, 5.41) is 3.23. The van der Waals surface area contributed by atoms with Crippen LogP contribution in [0, 0.1) is 5.82 Å². The van der Waals surface area contributed by atoms with Crippen molar-refractivity contribution in [2.24, 2.45) is 0 Å². The van der Waals surface area contributed by atoms with E-state index in [-0.39, 0.29) is 12.4 Å². The van der Waals surface area contributed by atoms with Gasteiger partial charge in [-0.1, -0.05) is 25.1 Å². The number of nitrogens with zero attached hydrogens (tertiary/aromatic N) is 1. The van der Waals surface area contributed by atoms with E-state index < -0.39 is 0 Å². The van der Waals surface area contributed by atoms with Crippen LogP contribution in [-0.2, 0) is 18.0 Å². The summed E-state index contributed by atoms with van der Waals surface area (Å²) in [4.78, 5) is 4.23. The Morgan fingerprint density at radius 1 is 1.20 bits per heavy atom. The fraction of sp³-hybridized carbons (Fsp3) is 0.312. The highest BCUT2D eigenvalue weighted by Gasteiger charge is 2.01. The van der Waals surface area contributed by atoms with Crippen molar-refractivity contribution in [3.63, 3.8) is 0 Å². The SMILES string of the molecule is CCCNc1cc(COCc2ccccc2F)ccn1. The van der Waals surface area contributed by atoms with Gasteiger partial charge in [0.25, 0.3) is 0 Å². The molecule has 2 rings (SSSR count). The van der Waals surface area contributed by atoms with Crippen LogP contribution in [-0.4, -0.2) is 11.5 Å². The van der Waals surface area contributed by atoms with Crippen molar-refractivity contribution >= 4 is 5.82 Å². The van der Waals surface area contributed by atoms with Crippen LogP contribution < -0.4 is 5.32 Å². The minimum Gasteiger partial charge on any atom is -0.372 e. The standard InChI is InChI=1S/C16H19FN2O/c1-2-8-18-16-10-13(7-9-19-16)11-20-12-14-5-3-4-6-15(14)17/h3-7,9-10H,2,8,11-12H2,1H3,(H,18,19). The molecule has 0 aliphatic heterocycles. The van der Waals surface area contributed by atoms with E-state index in [1.165, 1.54) is 6.07 Å². The number of hydrogen-bond donors (Lipinski definition) is 1. The second-order valence-electron chi connectivity index (χ2n) is 4.56. The zero-order chi connectivity index (χ0) is 14.2. The second kappa shape index (κ2) is 7.60. The summed E-state index contributed by atoms with van der Waals surface area (Å²) in [6, 6.07) is 10.5. The molecule has 1 N–H and O–H groups in total. The van der Waals surface area contributed by atoms with Crippen molar-refractivity contribution in [3.8, 4) is 0 Å². The van der Waals surface area contributed by atoms with Crippen LogP contribution in [0.15, 0.2) is 42.6 Å². The van der Waals surface area contributed by atoms with Gasteiger partial charge in [0.05, 0.1) is 13.2 Å². The Morgan fingerprint density at radius 3 is 2.85 bits per heavy atom. The zero-order valence-electron chi connectivity index (χ0n) is 11.6. The van der Waals surface area contributed by atoms with Gasteiger partial charge in [0.1, 0.15) is 11.6 Å². The first-order valence-electron chi connectivity index (χ1n) is 6.79. The van der Waals surface area contributed by atoms with Gasteiger partial charge in [0.2, 0.25) is 0 Å². The van der Waals surface area contributed by atoms with E-state index in [0.717, 1.165) is 24.3 Å². The summed E-state index contributed by atoms with van der Waals surface area (Å²) in [5.41, 5.74) is 1.60. The predicted molar refractivity (Wildman–Crippen MR) is 77.9 cm³/mol. The third-order valence-corrected chi connectivity index (χ3v) is 2.86. The fourth-order valence-electron chi connectivity index (χ4n) is 1.81. The van der Waals surface area contributed by atoms with E-state index in [4.69, 9.17) is 4.74 Å². The highest BCUT2D eigenvalue weighted by atomic mass is 19.1. The second-order valence-corrected chi connectivity index (χ2v) is 4.56. The molecule has 1 aromatic carbocycles. The molecule has 0 atom stereocenters. The lowest BCUT2D eigenvalue weighted by Gasteiger charge is -2.08. The molecule has 0 spiro atoms. The topological polar surface area (TPSA) is 34.1 Å². The Labute approximate surface area is 118 Å². The molecule has 0 bridgehead atoms. The molecule has 0 aliphatic rings. The molecule has 20 heavy (non-hydrogen) atoms. The highest BCUT2D eigenvalue weighted by Crippen LogP contribution is 2.11. The Kier molecular flexibility index (Phi) is 5.50. The average Bonchev–Trinajstić information content (AvgIpc) is 2.48. The van der Waals surface area contributed by atoms with Crippen LogP contribution in [0.2, 0.25) is 0 Å².